The quantitative estimate of drug-likeness (QED) is 0.611. The third kappa shape index (κ3) is 2.43. The van der Waals surface area contributed by atoms with Gasteiger partial charge in [-0.25, -0.2) is 18.4 Å². The fourth-order valence-corrected chi connectivity index (χ4v) is 3.91. The number of carbonyl (C=O) groups excluding carboxylic acids is 1. The van der Waals surface area contributed by atoms with E-state index in [9.17, 15) is 13.2 Å². The largest absolute Gasteiger partial charge is 0.465 e. The molecule has 2 aliphatic carbocycles. The van der Waals surface area contributed by atoms with E-state index in [-0.39, 0.29) is 11.0 Å². The van der Waals surface area contributed by atoms with Crippen molar-refractivity contribution in [3.8, 4) is 0 Å². The molecule has 3 rings (SSSR count). The number of aromatic nitrogens is 2. The molecular weight excluding hydrogens is 292 g/mol. The third-order valence-corrected chi connectivity index (χ3v) is 5.45. The molecule has 0 bridgehead atoms. The Morgan fingerprint density at radius 3 is 2.62 bits per heavy atom. The second-order valence-electron chi connectivity index (χ2n) is 5.98. The van der Waals surface area contributed by atoms with Gasteiger partial charge in [-0.3, -0.25) is 4.79 Å². The number of sulfone groups is 1. The monoisotopic (exact) mass is 310 g/mol. The van der Waals surface area contributed by atoms with Crippen LogP contribution in [0.2, 0.25) is 0 Å². The van der Waals surface area contributed by atoms with Crippen LogP contribution in [0, 0.1) is 11.8 Å². The molecule has 21 heavy (non-hydrogen) atoms. The summed E-state index contributed by atoms with van der Waals surface area (Å²) in [5, 5.41) is -0.0447. The lowest BCUT2D eigenvalue weighted by Crippen LogP contribution is -2.37. The summed E-state index contributed by atoms with van der Waals surface area (Å²) in [5.41, 5.74) is -0.324. The first-order chi connectivity index (χ1) is 9.87. The van der Waals surface area contributed by atoms with Gasteiger partial charge in [-0.15, -0.1) is 0 Å². The lowest BCUT2D eigenvalue weighted by atomic mass is 9.79. The molecular formula is C14H18N2O4S. The molecule has 0 saturated heterocycles. The molecule has 1 heterocycles. The van der Waals surface area contributed by atoms with E-state index in [0.717, 1.165) is 12.7 Å². The third-order valence-electron chi connectivity index (χ3n) is 4.47. The van der Waals surface area contributed by atoms with E-state index in [0.29, 0.717) is 37.0 Å². The van der Waals surface area contributed by atoms with Crippen LogP contribution in [0.25, 0.3) is 0 Å². The topological polar surface area (TPSA) is 86.2 Å². The number of nitrogens with zero attached hydrogens (tertiary/aromatic N) is 2. The van der Waals surface area contributed by atoms with E-state index in [1.165, 1.54) is 12.4 Å². The molecule has 2 aliphatic rings. The summed E-state index contributed by atoms with van der Waals surface area (Å²) >= 11 is 0. The van der Waals surface area contributed by atoms with Gasteiger partial charge in [-0.1, -0.05) is 0 Å². The van der Waals surface area contributed by atoms with E-state index in [4.69, 9.17) is 4.74 Å². The standard InChI is InChI=1S/C14H18N2O4S/c1-3-20-13(17)14(6-9-4-10(9)7-14)11-5-12(16-8-15-11)21(2,18)19/h5,8-10H,3-4,6-7H2,1-2H3. The molecule has 0 amide bonds. The van der Waals surface area contributed by atoms with Crippen LogP contribution in [-0.2, 0) is 24.8 Å². The highest BCUT2D eigenvalue weighted by atomic mass is 32.2. The lowest BCUT2D eigenvalue weighted by molar-refractivity contribution is -0.150. The van der Waals surface area contributed by atoms with Gasteiger partial charge in [0.1, 0.15) is 11.7 Å². The maximum atomic E-state index is 12.5. The minimum absolute atomic E-state index is 0.0447. The zero-order valence-corrected chi connectivity index (χ0v) is 12.9. The molecule has 7 heteroatoms. The van der Waals surface area contributed by atoms with Crippen molar-refractivity contribution in [3.63, 3.8) is 0 Å². The van der Waals surface area contributed by atoms with Crippen molar-refractivity contribution in [1.29, 1.82) is 0 Å². The van der Waals surface area contributed by atoms with Crippen LogP contribution in [0.3, 0.4) is 0 Å². The van der Waals surface area contributed by atoms with Crippen molar-refractivity contribution >= 4 is 15.8 Å². The van der Waals surface area contributed by atoms with Crippen LogP contribution in [0.1, 0.15) is 31.9 Å². The molecule has 2 unspecified atom stereocenters. The summed E-state index contributed by atoms with van der Waals surface area (Å²) < 4.78 is 28.6. The van der Waals surface area contributed by atoms with Gasteiger partial charge in [0, 0.05) is 6.26 Å². The molecule has 1 aromatic rings. The summed E-state index contributed by atoms with van der Waals surface area (Å²) in [6.07, 6.45) is 4.84. The molecule has 0 radical (unpaired) electrons. The number of rotatable bonds is 4. The molecule has 2 fully saturated rings. The summed E-state index contributed by atoms with van der Waals surface area (Å²) in [7, 11) is -3.43. The Bertz CT molecular complexity index is 676. The Balaban J connectivity index is 2.03. The van der Waals surface area contributed by atoms with Crippen LogP contribution >= 0.6 is 0 Å². The van der Waals surface area contributed by atoms with Crippen LogP contribution < -0.4 is 0 Å². The smallest absolute Gasteiger partial charge is 0.318 e. The number of hydrogen-bond donors (Lipinski definition) is 0. The van der Waals surface area contributed by atoms with Crippen LogP contribution in [0.4, 0.5) is 0 Å². The van der Waals surface area contributed by atoms with Crippen LogP contribution in [-0.4, -0.2) is 37.2 Å². The second kappa shape index (κ2) is 4.76. The van der Waals surface area contributed by atoms with Crippen LogP contribution in [0.15, 0.2) is 17.4 Å². The molecule has 1 aromatic heterocycles. The Morgan fingerprint density at radius 1 is 1.38 bits per heavy atom. The van der Waals surface area contributed by atoms with E-state index in [2.05, 4.69) is 9.97 Å². The van der Waals surface area contributed by atoms with Crippen molar-refractivity contribution in [1.82, 2.24) is 9.97 Å². The Morgan fingerprint density at radius 2 is 2.05 bits per heavy atom. The SMILES string of the molecule is CCOC(=O)C1(c2cc(S(C)(=O)=O)ncn2)CC2CC2C1. The van der Waals surface area contributed by atoms with E-state index in [1.54, 1.807) is 6.92 Å². The van der Waals surface area contributed by atoms with Crippen molar-refractivity contribution in [2.45, 2.75) is 36.6 Å². The minimum Gasteiger partial charge on any atom is -0.465 e. The van der Waals surface area contributed by atoms with Crippen molar-refractivity contribution in [2.75, 3.05) is 12.9 Å². The molecule has 0 aromatic carbocycles. The molecule has 6 nitrogen and oxygen atoms in total. The normalized spacial score (nSPS) is 30.8. The second-order valence-corrected chi connectivity index (χ2v) is 7.94. The number of hydrogen-bond acceptors (Lipinski definition) is 6. The first-order valence-electron chi connectivity index (χ1n) is 7.06. The summed E-state index contributed by atoms with van der Waals surface area (Å²) in [6, 6.07) is 1.43. The van der Waals surface area contributed by atoms with E-state index < -0.39 is 15.3 Å². The maximum absolute atomic E-state index is 12.5. The molecule has 2 atom stereocenters. The molecule has 0 spiro atoms. The Kier molecular flexibility index (Phi) is 3.27. The lowest BCUT2D eigenvalue weighted by Gasteiger charge is -2.27. The van der Waals surface area contributed by atoms with Gasteiger partial charge in [0.15, 0.2) is 14.9 Å². The van der Waals surface area contributed by atoms with E-state index in [1.807, 2.05) is 0 Å². The zero-order chi connectivity index (χ0) is 15.3. The van der Waals surface area contributed by atoms with Gasteiger partial charge in [0.05, 0.1) is 12.3 Å². The van der Waals surface area contributed by atoms with Gasteiger partial charge in [0.25, 0.3) is 0 Å². The molecule has 114 valence electrons. The first-order valence-corrected chi connectivity index (χ1v) is 8.96. The van der Waals surface area contributed by atoms with Gasteiger partial charge in [-0.05, 0) is 44.1 Å². The van der Waals surface area contributed by atoms with Gasteiger partial charge in [0.2, 0.25) is 0 Å². The number of carbonyl (C=O) groups is 1. The fourth-order valence-electron chi connectivity index (χ4n) is 3.34. The molecule has 2 saturated carbocycles. The maximum Gasteiger partial charge on any atom is 0.318 e. The molecule has 0 aliphatic heterocycles. The summed E-state index contributed by atoms with van der Waals surface area (Å²) in [4.78, 5) is 20.4. The highest BCUT2D eigenvalue weighted by Gasteiger charge is 2.59. The predicted octanol–water partition coefficient (Wildman–Crippen LogP) is 1.11. The summed E-state index contributed by atoms with van der Waals surface area (Å²) in [6.45, 7) is 2.07. The van der Waals surface area contributed by atoms with Crippen molar-refractivity contribution < 1.29 is 17.9 Å². The minimum atomic E-state index is -3.43. The Hall–Kier alpha value is -1.50. The average Bonchev–Trinajstić information content (AvgIpc) is 3.05. The van der Waals surface area contributed by atoms with Crippen molar-refractivity contribution in [3.05, 3.63) is 18.1 Å². The summed E-state index contributed by atoms with van der Waals surface area (Å²) in [5.74, 6) is 0.771. The average molecular weight is 310 g/mol. The van der Waals surface area contributed by atoms with Gasteiger partial charge in [-0.2, -0.15) is 0 Å². The predicted molar refractivity (Wildman–Crippen MR) is 74.3 cm³/mol. The number of fused-ring (bicyclic) bond motifs is 1. The first kappa shape index (κ1) is 14.4. The van der Waals surface area contributed by atoms with Crippen molar-refractivity contribution in [2.24, 2.45) is 11.8 Å². The van der Waals surface area contributed by atoms with Gasteiger partial charge >= 0.3 is 5.97 Å². The van der Waals surface area contributed by atoms with E-state index >= 15 is 0 Å². The number of esters is 1. The Labute approximate surface area is 123 Å². The highest BCUT2D eigenvalue weighted by Crippen LogP contribution is 2.60. The van der Waals surface area contributed by atoms with Gasteiger partial charge < -0.3 is 4.74 Å². The number of ether oxygens (including phenoxy) is 1. The molecule has 0 N–H and O–H groups in total. The highest BCUT2D eigenvalue weighted by molar-refractivity contribution is 7.90. The zero-order valence-electron chi connectivity index (χ0n) is 12.1. The fraction of sp³-hybridized carbons (Fsp3) is 0.643. The van der Waals surface area contributed by atoms with Crippen LogP contribution in [0.5, 0.6) is 0 Å².